The van der Waals surface area contributed by atoms with Gasteiger partial charge < -0.3 is 11.5 Å². The minimum Gasteiger partial charge on any atom is -0.369 e. The highest BCUT2D eigenvalue weighted by Gasteiger charge is 2.30. The number of hydrogen-bond acceptors (Lipinski definition) is 4. The zero-order valence-electron chi connectivity index (χ0n) is 11.9. The number of carbonyl (C=O) groups excluding carboxylic acids is 1. The van der Waals surface area contributed by atoms with Crippen LogP contribution < -0.4 is 11.5 Å². The molecular formula is C14H21N3O3S. The van der Waals surface area contributed by atoms with Crippen molar-refractivity contribution in [1.29, 1.82) is 0 Å². The Bertz CT molecular complexity index is 590. The molecule has 1 aliphatic rings. The standard InChI is InChI=1S/C14H21N3O3S/c15-9-11-1-3-12(4-2-11)10-21(19,20)17-7-5-13(6-8-17)14(16)18/h1-4,13H,5-10,15H2,(H2,16,18). The second-order valence-corrected chi connectivity index (χ2v) is 7.32. The lowest BCUT2D eigenvalue weighted by Crippen LogP contribution is -2.42. The molecule has 1 amide bonds. The van der Waals surface area contributed by atoms with E-state index in [0.717, 1.165) is 11.1 Å². The number of hydrogen-bond donors (Lipinski definition) is 2. The van der Waals surface area contributed by atoms with Crippen LogP contribution in [0.2, 0.25) is 0 Å². The van der Waals surface area contributed by atoms with Gasteiger partial charge in [-0.25, -0.2) is 12.7 Å². The second-order valence-electron chi connectivity index (χ2n) is 5.35. The van der Waals surface area contributed by atoms with Crippen LogP contribution in [0.15, 0.2) is 24.3 Å². The van der Waals surface area contributed by atoms with Crippen LogP contribution in [-0.4, -0.2) is 31.7 Å². The van der Waals surface area contributed by atoms with Crippen molar-refractivity contribution in [3.8, 4) is 0 Å². The third-order valence-electron chi connectivity index (χ3n) is 3.86. The van der Waals surface area contributed by atoms with Crippen molar-refractivity contribution in [2.45, 2.75) is 25.1 Å². The fourth-order valence-corrected chi connectivity index (χ4v) is 4.06. The lowest BCUT2D eigenvalue weighted by molar-refractivity contribution is -0.122. The van der Waals surface area contributed by atoms with Gasteiger partial charge >= 0.3 is 0 Å². The molecule has 1 aromatic carbocycles. The first kappa shape index (κ1) is 15.9. The van der Waals surface area contributed by atoms with Gasteiger partial charge in [-0.1, -0.05) is 24.3 Å². The lowest BCUT2D eigenvalue weighted by atomic mass is 9.98. The molecule has 1 aromatic rings. The summed E-state index contributed by atoms with van der Waals surface area (Å²) in [5.41, 5.74) is 12.5. The van der Waals surface area contributed by atoms with Crippen LogP contribution in [0.25, 0.3) is 0 Å². The first-order chi connectivity index (χ1) is 9.92. The lowest BCUT2D eigenvalue weighted by Gasteiger charge is -2.29. The van der Waals surface area contributed by atoms with Gasteiger partial charge in [-0.05, 0) is 24.0 Å². The molecule has 0 saturated carbocycles. The van der Waals surface area contributed by atoms with E-state index in [1.54, 1.807) is 12.1 Å². The predicted octanol–water partition coefficient (Wildman–Crippen LogP) is 0.172. The Labute approximate surface area is 125 Å². The van der Waals surface area contributed by atoms with Crippen molar-refractivity contribution in [3.63, 3.8) is 0 Å². The molecule has 0 bridgehead atoms. The number of nitrogens with two attached hydrogens (primary N) is 2. The summed E-state index contributed by atoms with van der Waals surface area (Å²) < 4.78 is 26.2. The molecule has 0 unspecified atom stereocenters. The molecule has 1 fully saturated rings. The van der Waals surface area contributed by atoms with Gasteiger partial charge in [0.05, 0.1) is 5.75 Å². The first-order valence-corrected chi connectivity index (χ1v) is 8.58. The molecule has 0 atom stereocenters. The molecular weight excluding hydrogens is 290 g/mol. The van der Waals surface area contributed by atoms with E-state index in [1.165, 1.54) is 4.31 Å². The third-order valence-corrected chi connectivity index (χ3v) is 5.71. The van der Waals surface area contributed by atoms with Crippen molar-refractivity contribution < 1.29 is 13.2 Å². The van der Waals surface area contributed by atoms with Crippen LogP contribution in [0.5, 0.6) is 0 Å². The van der Waals surface area contributed by atoms with Gasteiger partial charge in [0.25, 0.3) is 0 Å². The van der Waals surface area contributed by atoms with E-state index in [0.29, 0.717) is 32.5 Å². The topological polar surface area (TPSA) is 106 Å². The quantitative estimate of drug-likeness (QED) is 0.808. The van der Waals surface area contributed by atoms with Crippen molar-refractivity contribution >= 4 is 15.9 Å². The fourth-order valence-electron chi connectivity index (χ4n) is 2.49. The first-order valence-electron chi connectivity index (χ1n) is 6.97. The summed E-state index contributed by atoms with van der Waals surface area (Å²) in [4.78, 5) is 11.1. The largest absolute Gasteiger partial charge is 0.369 e. The number of benzene rings is 1. The summed E-state index contributed by atoms with van der Waals surface area (Å²) in [6.45, 7) is 1.15. The van der Waals surface area contributed by atoms with E-state index < -0.39 is 10.0 Å². The van der Waals surface area contributed by atoms with E-state index in [4.69, 9.17) is 11.5 Å². The van der Waals surface area contributed by atoms with Crippen molar-refractivity contribution in [2.75, 3.05) is 13.1 Å². The molecule has 0 radical (unpaired) electrons. The van der Waals surface area contributed by atoms with Crippen LogP contribution in [0.1, 0.15) is 24.0 Å². The Morgan fingerprint density at radius 3 is 2.14 bits per heavy atom. The van der Waals surface area contributed by atoms with Crippen LogP contribution >= 0.6 is 0 Å². The van der Waals surface area contributed by atoms with Gasteiger partial charge in [0.1, 0.15) is 0 Å². The highest BCUT2D eigenvalue weighted by molar-refractivity contribution is 7.88. The number of sulfonamides is 1. The maximum Gasteiger partial charge on any atom is 0.220 e. The van der Waals surface area contributed by atoms with Crippen LogP contribution in [-0.2, 0) is 27.1 Å². The molecule has 2 rings (SSSR count). The highest BCUT2D eigenvalue weighted by Crippen LogP contribution is 2.21. The molecule has 21 heavy (non-hydrogen) atoms. The number of rotatable bonds is 5. The molecule has 7 heteroatoms. The van der Waals surface area contributed by atoms with E-state index in [-0.39, 0.29) is 17.6 Å². The summed E-state index contributed by atoms with van der Waals surface area (Å²) in [6, 6.07) is 7.25. The summed E-state index contributed by atoms with van der Waals surface area (Å²) in [5.74, 6) is -0.580. The minimum atomic E-state index is -3.36. The Hall–Kier alpha value is -1.44. The highest BCUT2D eigenvalue weighted by atomic mass is 32.2. The number of nitrogens with zero attached hydrogens (tertiary/aromatic N) is 1. The number of piperidine rings is 1. The summed E-state index contributed by atoms with van der Waals surface area (Å²) in [7, 11) is -3.36. The maximum atomic E-state index is 12.4. The predicted molar refractivity (Wildman–Crippen MR) is 80.4 cm³/mol. The summed E-state index contributed by atoms with van der Waals surface area (Å²) in [5, 5.41) is 0. The molecule has 116 valence electrons. The van der Waals surface area contributed by atoms with E-state index in [1.807, 2.05) is 12.1 Å². The molecule has 1 saturated heterocycles. The van der Waals surface area contributed by atoms with Gasteiger partial charge in [-0.2, -0.15) is 0 Å². The van der Waals surface area contributed by atoms with Gasteiger partial charge in [0, 0.05) is 25.6 Å². The van der Waals surface area contributed by atoms with Crippen molar-refractivity contribution in [1.82, 2.24) is 4.31 Å². The normalized spacial score (nSPS) is 17.8. The molecule has 1 heterocycles. The Morgan fingerprint density at radius 2 is 1.67 bits per heavy atom. The summed E-state index contributed by atoms with van der Waals surface area (Å²) >= 11 is 0. The Kier molecular flexibility index (Phi) is 4.97. The third kappa shape index (κ3) is 4.03. The smallest absolute Gasteiger partial charge is 0.220 e. The zero-order chi connectivity index (χ0) is 15.5. The number of primary amides is 1. The molecule has 6 nitrogen and oxygen atoms in total. The van der Waals surface area contributed by atoms with Crippen LogP contribution in [0, 0.1) is 5.92 Å². The Balaban J connectivity index is 2.00. The molecule has 4 N–H and O–H groups in total. The SMILES string of the molecule is NCc1ccc(CS(=O)(=O)N2CCC(C(N)=O)CC2)cc1. The van der Waals surface area contributed by atoms with Gasteiger partial charge in [0.15, 0.2) is 0 Å². The zero-order valence-corrected chi connectivity index (χ0v) is 12.7. The molecule has 0 aliphatic carbocycles. The van der Waals surface area contributed by atoms with Crippen LogP contribution in [0.4, 0.5) is 0 Å². The van der Waals surface area contributed by atoms with Crippen molar-refractivity contribution in [3.05, 3.63) is 35.4 Å². The van der Waals surface area contributed by atoms with Gasteiger partial charge in [-0.3, -0.25) is 4.79 Å². The van der Waals surface area contributed by atoms with E-state index in [2.05, 4.69) is 0 Å². The average molecular weight is 311 g/mol. The van der Waals surface area contributed by atoms with E-state index >= 15 is 0 Å². The Morgan fingerprint density at radius 1 is 1.14 bits per heavy atom. The monoisotopic (exact) mass is 311 g/mol. The number of carbonyl (C=O) groups is 1. The van der Waals surface area contributed by atoms with Gasteiger partial charge in [-0.15, -0.1) is 0 Å². The molecule has 0 spiro atoms. The fraction of sp³-hybridized carbons (Fsp3) is 0.500. The van der Waals surface area contributed by atoms with Crippen LogP contribution in [0.3, 0.4) is 0 Å². The average Bonchev–Trinajstić information content (AvgIpc) is 2.48. The maximum absolute atomic E-state index is 12.4. The number of amides is 1. The molecule has 0 aromatic heterocycles. The molecule has 1 aliphatic heterocycles. The van der Waals surface area contributed by atoms with Gasteiger partial charge in [0.2, 0.25) is 15.9 Å². The minimum absolute atomic E-state index is 0.0287. The van der Waals surface area contributed by atoms with Crippen molar-refractivity contribution in [2.24, 2.45) is 17.4 Å². The summed E-state index contributed by atoms with van der Waals surface area (Å²) in [6.07, 6.45) is 1.00. The second kappa shape index (κ2) is 6.55. The van der Waals surface area contributed by atoms with E-state index in [9.17, 15) is 13.2 Å².